The summed E-state index contributed by atoms with van der Waals surface area (Å²) in [6, 6.07) is 12.4. The number of hydrogen-bond acceptors (Lipinski definition) is 4. The van der Waals surface area contributed by atoms with E-state index < -0.39 is 10.0 Å². The summed E-state index contributed by atoms with van der Waals surface area (Å²) in [5.41, 5.74) is 3.03. The zero-order valence-corrected chi connectivity index (χ0v) is 18.8. The van der Waals surface area contributed by atoms with Crippen LogP contribution >= 0.6 is 0 Å². The summed E-state index contributed by atoms with van der Waals surface area (Å²) in [4.78, 5) is 15.3. The predicted molar refractivity (Wildman–Crippen MR) is 122 cm³/mol. The fourth-order valence-corrected chi connectivity index (χ4v) is 5.28. The first-order valence-corrected chi connectivity index (χ1v) is 12.1. The van der Waals surface area contributed by atoms with E-state index in [1.807, 2.05) is 39.0 Å². The lowest BCUT2D eigenvalue weighted by atomic mass is 10.1. The number of carbonyl (C=O) groups excluding carboxylic acids is 1. The van der Waals surface area contributed by atoms with Crippen LogP contribution in [-0.2, 0) is 10.0 Å². The summed E-state index contributed by atoms with van der Waals surface area (Å²) in [6.07, 6.45) is 3.37. The van der Waals surface area contributed by atoms with Crippen LogP contribution < -0.4 is 10.2 Å². The topological polar surface area (TPSA) is 69.7 Å². The Hall–Kier alpha value is -2.38. The summed E-state index contributed by atoms with van der Waals surface area (Å²) >= 11 is 0. The summed E-state index contributed by atoms with van der Waals surface area (Å²) in [7, 11) is -3.61. The molecule has 3 rings (SSSR count). The molecule has 0 spiro atoms. The number of carbonyl (C=O) groups is 1. The molecule has 0 atom stereocenters. The van der Waals surface area contributed by atoms with E-state index in [4.69, 9.17) is 0 Å². The molecule has 1 fully saturated rings. The molecule has 2 aromatic rings. The maximum absolute atomic E-state index is 13.0. The quantitative estimate of drug-likeness (QED) is 0.714. The number of anilines is 2. The second-order valence-corrected chi connectivity index (χ2v) is 9.57. The third kappa shape index (κ3) is 4.84. The van der Waals surface area contributed by atoms with Gasteiger partial charge in [0.15, 0.2) is 0 Å². The molecule has 0 aromatic heterocycles. The predicted octanol–water partition coefficient (Wildman–Crippen LogP) is 4.27. The number of sulfonamides is 1. The van der Waals surface area contributed by atoms with Crippen LogP contribution in [0, 0.1) is 6.92 Å². The van der Waals surface area contributed by atoms with Gasteiger partial charge in [0.25, 0.3) is 5.91 Å². The van der Waals surface area contributed by atoms with Crippen LogP contribution in [-0.4, -0.2) is 44.8 Å². The van der Waals surface area contributed by atoms with Crippen LogP contribution in [0.4, 0.5) is 11.4 Å². The second kappa shape index (κ2) is 9.62. The van der Waals surface area contributed by atoms with Gasteiger partial charge in [0, 0.05) is 31.7 Å². The largest absolute Gasteiger partial charge is 0.370 e. The monoisotopic (exact) mass is 429 g/mol. The minimum Gasteiger partial charge on any atom is -0.370 e. The highest BCUT2D eigenvalue weighted by Crippen LogP contribution is 2.32. The van der Waals surface area contributed by atoms with Gasteiger partial charge in [0.1, 0.15) is 0 Å². The first kappa shape index (κ1) is 22.3. The van der Waals surface area contributed by atoms with Gasteiger partial charge in [0.05, 0.1) is 16.3 Å². The van der Waals surface area contributed by atoms with Crippen molar-refractivity contribution >= 4 is 27.3 Å². The Kier molecular flexibility index (Phi) is 7.15. The number of nitrogens with zero attached hydrogens (tertiary/aromatic N) is 2. The summed E-state index contributed by atoms with van der Waals surface area (Å²) in [5, 5.41) is 2.97. The van der Waals surface area contributed by atoms with Crippen LogP contribution in [0.2, 0.25) is 0 Å². The van der Waals surface area contributed by atoms with Crippen molar-refractivity contribution < 1.29 is 13.2 Å². The normalized spacial score (nSPS) is 14.7. The van der Waals surface area contributed by atoms with Crippen molar-refractivity contribution in [1.29, 1.82) is 0 Å². The van der Waals surface area contributed by atoms with E-state index in [0.717, 1.165) is 37.2 Å². The van der Waals surface area contributed by atoms with Gasteiger partial charge in [0.2, 0.25) is 10.0 Å². The van der Waals surface area contributed by atoms with E-state index in [0.29, 0.717) is 24.3 Å². The van der Waals surface area contributed by atoms with Crippen LogP contribution in [0.15, 0.2) is 47.4 Å². The molecule has 0 aliphatic carbocycles. The van der Waals surface area contributed by atoms with E-state index in [9.17, 15) is 13.2 Å². The van der Waals surface area contributed by atoms with Crippen molar-refractivity contribution in [1.82, 2.24) is 4.31 Å². The van der Waals surface area contributed by atoms with E-state index in [1.54, 1.807) is 24.3 Å². The zero-order chi connectivity index (χ0) is 21.7. The number of benzene rings is 2. The van der Waals surface area contributed by atoms with Gasteiger partial charge in [-0.25, -0.2) is 8.42 Å². The third-order valence-electron chi connectivity index (χ3n) is 5.57. The molecule has 0 radical (unpaired) electrons. The van der Waals surface area contributed by atoms with Gasteiger partial charge >= 0.3 is 0 Å². The molecule has 1 amide bonds. The number of piperidine rings is 1. The van der Waals surface area contributed by atoms with Crippen LogP contribution in [0.3, 0.4) is 0 Å². The van der Waals surface area contributed by atoms with E-state index in [1.165, 1.54) is 10.7 Å². The molecule has 6 nitrogen and oxygen atoms in total. The molecule has 1 heterocycles. The number of hydrogen-bond donors (Lipinski definition) is 1. The SMILES string of the molecule is CCN(CC)S(=O)(=O)c1ccc(N2CCCCC2)c(NC(=O)c2ccc(C)cc2)c1. The van der Waals surface area contributed by atoms with Crippen molar-refractivity contribution in [2.75, 3.05) is 36.4 Å². The first-order valence-electron chi connectivity index (χ1n) is 10.6. The average Bonchev–Trinajstić information content (AvgIpc) is 2.75. The van der Waals surface area contributed by atoms with Crippen molar-refractivity contribution in [2.24, 2.45) is 0 Å². The van der Waals surface area contributed by atoms with E-state index >= 15 is 0 Å². The lowest BCUT2D eigenvalue weighted by Gasteiger charge is -2.31. The molecule has 1 saturated heterocycles. The number of aryl methyl sites for hydroxylation is 1. The number of rotatable bonds is 7. The Morgan fingerprint density at radius 3 is 2.23 bits per heavy atom. The van der Waals surface area contributed by atoms with Gasteiger partial charge in [-0.3, -0.25) is 4.79 Å². The van der Waals surface area contributed by atoms with E-state index in [-0.39, 0.29) is 10.8 Å². The fourth-order valence-electron chi connectivity index (χ4n) is 3.80. The molecule has 162 valence electrons. The third-order valence-corrected chi connectivity index (χ3v) is 7.62. The van der Waals surface area contributed by atoms with Crippen LogP contribution in [0.25, 0.3) is 0 Å². The lowest BCUT2D eigenvalue weighted by Crippen LogP contribution is -2.32. The Labute approximate surface area is 179 Å². The molecule has 0 unspecified atom stereocenters. The smallest absolute Gasteiger partial charge is 0.255 e. The summed E-state index contributed by atoms with van der Waals surface area (Å²) in [6.45, 7) is 8.21. The molecule has 1 N–H and O–H groups in total. The van der Waals surface area contributed by atoms with Crippen molar-refractivity contribution in [2.45, 2.75) is 44.9 Å². The molecular formula is C23H31N3O3S. The molecule has 30 heavy (non-hydrogen) atoms. The Bertz CT molecular complexity index is 977. The van der Waals surface area contributed by atoms with Crippen LogP contribution in [0.5, 0.6) is 0 Å². The van der Waals surface area contributed by atoms with Crippen molar-refractivity contribution in [3.05, 3.63) is 53.6 Å². The van der Waals surface area contributed by atoms with Gasteiger partial charge in [-0.15, -0.1) is 0 Å². The van der Waals surface area contributed by atoms with Crippen molar-refractivity contribution in [3.63, 3.8) is 0 Å². The summed E-state index contributed by atoms with van der Waals surface area (Å²) < 4.78 is 27.5. The minimum absolute atomic E-state index is 0.200. The number of nitrogens with one attached hydrogen (secondary N) is 1. The Balaban J connectivity index is 1.99. The minimum atomic E-state index is -3.61. The summed E-state index contributed by atoms with van der Waals surface area (Å²) in [5.74, 6) is -0.245. The lowest BCUT2D eigenvalue weighted by molar-refractivity contribution is 0.102. The van der Waals surface area contributed by atoms with Gasteiger partial charge in [-0.1, -0.05) is 31.5 Å². The van der Waals surface area contributed by atoms with Gasteiger partial charge in [-0.2, -0.15) is 4.31 Å². The molecule has 2 aromatic carbocycles. The first-order chi connectivity index (χ1) is 14.4. The maximum Gasteiger partial charge on any atom is 0.255 e. The number of amides is 1. The fraction of sp³-hybridized carbons (Fsp3) is 0.435. The standard InChI is InChI=1S/C23H31N3O3S/c1-4-26(5-2)30(28,29)20-13-14-22(25-15-7-6-8-16-25)21(17-20)24-23(27)19-11-9-18(3)10-12-19/h9-14,17H,4-8,15-16H2,1-3H3,(H,24,27). The zero-order valence-electron chi connectivity index (χ0n) is 18.0. The highest BCUT2D eigenvalue weighted by molar-refractivity contribution is 7.89. The molecule has 0 bridgehead atoms. The highest BCUT2D eigenvalue weighted by Gasteiger charge is 2.24. The Morgan fingerprint density at radius 2 is 1.63 bits per heavy atom. The Morgan fingerprint density at radius 1 is 1.00 bits per heavy atom. The highest BCUT2D eigenvalue weighted by atomic mass is 32.2. The van der Waals surface area contributed by atoms with E-state index in [2.05, 4.69) is 10.2 Å². The van der Waals surface area contributed by atoms with Gasteiger partial charge in [-0.05, 0) is 56.5 Å². The molecular weight excluding hydrogens is 398 g/mol. The average molecular weight is 430 g/mol. The molecule has 7 heteroatoms. The second-order valence-electron chi connectivity index (χ2n) is 7.64. The van der Waals surface area contributed by atoms with Gasteiger partial charge < -0.3 is 10.2 Å². The molecule has 0 saturated carbocycles. The molecule has 1 aliphatic heterocycles. The van der Waals surface area contributed by atoms with Crippen LogP contribution in [0.1, 0.15) is 49.0 Å². The molecule has 1 aliphatic rings. The maximum atomic E-state index is 13.0. The van der Waals surface area contributed by atoms with Crippen molar-refractivity contribution in [3.8, 4) is 0 Å².